The summed E-state index contributed by atoms with van der Waals surface area (Å²) in [4.78, 5) is 14.7. The van der Waals surface area contributed by atoms with Crippen molar-refractivity contribution in [1.82, 2.24) is 4.90 Å². The highest BCUT2D eigenvalue weighted by molar-refractivity contribution is 8.02. The largest absolute Gasteiger partial charge is 0.494 e. The van der Waals surface area contributed by atoms with E-state index < -0.39 is 0 Å². The van der Waals surface area contributed by atoms with Crippen LogP contribution in [0.2, 0.25) is 0 Å². The summed E-state index contributed by atoms with van der Waals surface area (Å²) in [5.41, 5.74) is 0.770. The van der Waals surface area contributed by atoms with Gasteiger partial charge in [-0.3, -0.25) is 4.79 Å². The fourth-order valence-electron chi connectivity index (χ4n) is 2.94. The van der Waals surface area contributed by atoms with E-state index in [0.717, 1.165) is 48.9 Å². The predicted octanol–water partition coefficient (Wildman–Crippen LogP) is 5.35. The van der Waals surface area contributed by atoms with Gasteiger partial charge in [-0.1, -0.05) is 39.0 Å². The third-order valence-electron chi connectivity index (χ3n) is 4.54. The second kappa shape index (κ2) is 13.4. The zero-order valence-corrected chi connectivity index (χ0v) is 17.7. The normalized spacial score (nSPS) is 15.8. The Hall–Kier alpha value is -0.810. The molecule has 1 aromatic rings. The number of rotatable bonds is 9. The molecule has 1 amide bonds. The van der Waals surface area contributed by atoms with Crippen molar-refractivity contribution in [2.24, 2.45) is 0 Å². The Balaban J connectivity index is 1.73. The molecular formula is C21H33NO2S2. The van der Waals surface area contributed by atoms with E-state index in [9.17, 15) is 4.79 Å². The van der Waals surface area contributed by atoms with Gasteiger partial charge in [-0.05, 0) is 30.7 Å². The molecule has 0 radical (unpaired) electrons. The van der Waals surface area contributed by atoms with Crippen LogP contribution in [-0.4, -0.2) is 53.5 Å². The highest BCUT2D eigenvalue weighted by Crippen LogP contribution is 2.17. The maximum atomic E-state index is 12.7. The van der Waals surface area contributed by atoms with Crippen LogP contribution in [0.5, 0.6) is 5.75 Å². The molecule has 2 rings (SSSR count). The quantitative estimate of drug-likeness (QED) is 0.527. The topological polar surface area (TPSA) is 29.5 Å². The molecule has 0 aromatic heterocycles. The molecule has 1 aliphatic heterocycles. The summed E-state index contributed by atoms with van der Waals surface area (Å²) >= 11 is 3.89. The first-order chi connectivity index (χ1) is 12.8. The number of carbonyl (C=O) groups is 1. The van der Waals surface area contributed by atoms with Crippen LogP contribution in [0, 0.1) is 0 Å². The fraction of sp³-hybridized carbons (Fsp3) is 0.667. The number of amides is 1. The molecule has 1 fully saturated rings. The second-order valence-corrected chi connectivity index (χ2v) is 9.11. The Labute approximate surface area is 167 Å². The lowest BCUT2D eigenvalue weighted by molar-refractivity contribution is 0.0776. The van der Waals surface area contributed by atoms with Crippen LogP contribution in [0.1, 0.15) is 55.8 Å². The maximum Gasteiger partial charge on any atom is 0.253 e. The summed E-state index contributed by atoms with van der Waals surface area (Å²) in [6, 6.07) is 7.69. The summed E-state index contributed by atoms with van der Waals surface area (Å²) < 4.78 is 5.81. The highest BCUT2D eigenvalue weighted by atomic mass is 32.2. The van der Waals surface area contributed by atoms with Crippen LogP contribution in [0.3, 0.4) is 0 Å². The third-order valence-corrected chi connectivity index (χ3v) is 6.72. The molecule has 3 nitrogen and oxygen atoms in total. The van der Waals surface area contributed by atoms with Gasteiger partial charge in [-0.2, -0.15) is 23.5 Å². The minimum atomic E-state index is 0.149. The van der Waals surface area contributed by atoms with Gasteiger partial charge in [-0.25, -0.2) is 0 Å². The van der Waals surface area contributed by atoms with Gasteiger partial charge in [0, 0.05) is 41.7 Å². The number of benzene rings is 1. The van der Waals surface area contributed by atoms with Crippen molar-refractivity contribution in [2.45, 2.75) is 45.4 Å². The van der Waals surface area contributed by atoms with Crippen LogP contribution in [0.4, 0.5) is 0 Å². The molecule has 0 saturated carbocycles. The Morgan fingerprint density at radius 1 is 0.923 bits per heavy atom. The minimum Gasteiger partial charge on any atom is -0.494 e. The summed E-state index contributed by atoms with van der Waals surface area (Å²) in [5.74, 6) is 5.47. The van der Waals surface area contributed by atoms with Crippen molar-refractivity contribution >= 4 is 29.4 Å². The minimum absolute atomic E-state index is 0.149. The van der Waals surface area contributed by atoms with E-state index in [-0.39, 0.29) is 5.91 Å². The first kappa shape index (κ1) is 21.5. The summed E-state index contributed by atoms with van der Waals surface area (Å²) in [6.07, 6.45) is 7.61. The Morgan fingerprint density at radius 3 is 2.19 bits per heavy atom. The molecule has 26 heavy (non-hydrogen) atoms. The molecule has 0 atom stereocenters. The molecule has 1 aliphatic rings. The van der Waals surface area contributed by atoms with Crippen molar-refractivity contribution in [2.75, 3.05) is 42.7 Å². The van der Waals surface area contributed by atoms with E-state index in [4.69, 9.17) is 4.74 Å². The van der Waals surface area contributed by atoms with Crippen LogP contribution < -0.4 is 4.74 Å². The van der Waals surface area contributed by atoms with E-state index in [2.05, 4.69) is 6.92 Å². The Bertz CT molecular complexity index is 497. The van der Waals surface area contributed by atoms with E-state index in [1.54, 1.807) is 0 Å². The average molecular weight is 396 g/mol. The van der Waals surface area contributed by atoms with Gasteiger partial charge in [0.2, 0.25) is 0 Å². The van der Waals surface area contributed by atoms with E-state index in [1.807, 2.05) is 52.7 Å². The van der Waals surface area contributed by atoms with Crippen molar-refractivity contribution in [1.29, 1.82) is 0 Å². The number of ether oxygens (including phenoxy) is 1. The molecule has 0 bridgehead atoms. The number of thioether (sulfide) groups is 2. The number of nitrogens with zero attached hydrogens (tertiary/aromatic N) is 1. The SMILES string of the molecule is CCCCCCCCOc1ccc(C(=O)N2CCSCCSCC2)cc1. The Morgan fingerprint density at radius 2 is 1.54 bits per heavy atom. The number of carbonyl (C=O) groups excluding carboxylic acids is 1. The van der Waals surface area contributed by atoms with Crippen LogP contribution >= 0.6 is 23.5 Å². The number of hydrogen-bond donors (Lipinski definition) is 0. The molecule has 146 valence electrons. The van der Waals surface area contributed by atoms with E-state index in [0.29, 0.717) is 0 Å². The van der Waals surface area contributed by atoms with Gasteiger partial charge in [0.05, 0.1) is 6.61 Å². The zero-order chi connectivity index (χ0) is 18.5. The molecule has 1 aromatic carbocycles. The second-order valence-electron chi connectivity index (χ2n) is 6.66. The summed E-state index contributed by atoms with van der Waals surface area (Å²) in [7, 11) is 0. The number of unbranched alkanes of at least 4 members (excludes halogenated alkanes) is 5. The molecule has 0 aliphatic carbocycles. The molecule has 1 heterocycles. The van der Waals surface area contributed by atoms with Gasteiger partial charge < -0.3 is 9.64 Å². The molecule has 0 N–H and O–H groups in total. The van der Waals surface area contributed by atoms with Crippen molar-refractivity contribution < 1.29 is 9.53 Å². The molecular weight excluding hydrogens is 362 g/mol. The van der Waals surface area contributed by atoms with Crippen LogP contribution in [-0.2, 0) is 0 Å². The first-order valence-electron chi connectivity index (χ1n) is 9.99. The summed E-state index contributed by atoms with van der Waals surface area (Å²) in [5, 5.41) is 0. The first-order valence-corrected chi connectivity index (χ1v) is 12.3. The van der Waals surface area contributed by atoms with Gasteiger partial charge in [0.1, 0.15) is 5.75 Å². The predicted molar refractivity (Wildman–Crippen MR) is 116 cm³/mol. The Kier molecular flexibility index (Phi) is 11.1. The smallest absolute Gasteiger partial charge is 0.253 e. The lowest BCUT2D eigenvalue weighted by Crippen LogP contribution is -2.34. The number of hydrogen-bond acceptors (Lipinski definition) is 4. The monoisotopic (exact) mass is 395 g/mol. The van der Waals surface area contributed by atoms with Crippen molar-refractivity contribution in [3.05, 3.63) is 29.8 Å². The van der Waals surface area contributed by atoms with Crippen LogP contribution in [0.25, 0.3) is 0 Å². The molecule has 1 saturated heterocycles. The molecule has 0 spiro atoms. The lowest BCUT2D eigenvalue weighted by Gasteiger charge is -2.21. The lowest BCUT2D eigenvalue weighted by atomic mass is 10.1. The van der Waals surface area contributed by atoms with Gasteiger partial charge >= 0.3 is 0 Å². The van der Waals surface area contributed by atoms with E-state index in [1.165, 1.54) is 43.6 Å². The third kappa shape index (κ3) is 8.26. The average Bonchev–Trinajstić information content (AvgIpc) is 2.81. The van der Waals surface area contributed by atoms with Crippen LogP contribution in [0.15, 0.2) is 24.3 Å². The standard InChI is InChI=1S/C21H33NO2S2/c1-2-3-4-5-6-7-14-24-20-10-8-19(9-11-20)21(23)22-12-15-25-17-18-26-16-13-22/h8-11H,2-7,12-18H2,1H3. The zero-order valence-electron chi connectivity index (χ0n) is 16.1. The van der Waals surface area contributed by atoms with Gasteiger partial charge in [0.25, 0.3) is 5.91 Å². The molecule has 5 heteroatoms. The van der Waals surface area contributed by atoms with Crippen molar-refractivity contribution in [3.8, 4) is 5.75 Å². The fourth-order valence-corrected chi connectivity index (χ4v) is 4.99. The maximum absolute atomic E-state index is 12.7. The molecule has 0 unspecified atom stereocenters. The highest BCUT2D eigenvalue weighted by Gasteiger charge is 2.16. The summed E-state index contributed by atoms with van der Waals surface area (Å²) in [6.45, 7) is 4.70. The van der Waals surface area contributed by atoms with Gasteiger partial charge in [0.15, 0.2) is 0 Å². The van der Waals surface area contributed by atoms with E-state index >= 15 is 0 Å². The van der Waals surface area contributed by atoms with Crippen molar-refractivity contribution in [3.63, 3.8) is 0 Å². The van der Waals surface area contributed by atoms with Gasteiger partial charge in [-0.15, -0.1) is 0 Å².